The van der Waals surface area contributed by atoms with Gasteiger partial charge >= 0.3 is 0 Å². The first-order chi connectivity index (χ1) is 11.7. The summed E-state index contributed by atoms with van der Waals surface area (Å²) in [4.78, 5) is 12.5. The van der Waals surface area contributed by atoms with Crippen molar-refractivity contribution >= 4 is 43.2 Å². The van der Waals surface area contributed by atoms with Crippen molar-refractivity contribution in [3.8, 4) is 0 Å². The van der Waals surface area contributed by atoms with Crippen molar-refractivity contribution in [3.63, 3.8) is 0 Å². The molecule has 0 aliphatic rings. The minimum atomic E-state index is -3.60. The zero-order valence-electron chi connectivity index (χ0n) is 14.4. The Labute approximate surface area is 157 Å². The maximum absolute atomic E-state index is 12.5. The molecule has 0 atom stereocenters. The molecule has 5 nitrogen and oxygen atoms in total. The average molecular weight is 425 g/mol. The molecular formula is C18H21BrN2O3S. The zero-order valence-corrected chi connectivity index (χ0v) is 16.8. The molecule has 0 saturated carbocycles. The molecule has 0 fully saturated rings. The summed E-state index contributed by atoms with van der Waals surface area (Å²) in [5.74, 6) is -0.147. The number of anilines is 2. The summed E-state index contributed by atoms with van der Waals surface area (Å²) in [5.41, 5.74) is 2.14. The van der Waals surface area contributed by atoms with Gasteiger partial charge in [0.2, 0.25) is 15.9 Å². The molecule has 0 aliphatic carbocycles. The Morgan fingerprint density at radius 3 is 2.44 bits per heavy atom. The number of para-hydroxylation sites is 1. The van der Waals surface area contributed by atoms with Gasteiger partial charge in [0.15, 0.2) is 0 Å². The average Bonchev–Trinajstić information content (AvgIpc) is 2.52. The van der Waals surface area contributed by atoms with Crippen molar-refractivity contribution < 1.29 is 13.2 Å². The van der Waals surface area contributed by atoms with Crippen LogP contribution in [-0.2, 0) is 14.8 Å². The molecule has 2 aromatic rings. The van der Waals surface area contributed by atoms with Crippen LogP contribution in [0.1, 0.15) is 25.3 Å². The van der Waals surface area contributed by atoms with E-state index in [4.69, 9.17) is 0 Å². The Morgan fingerprint density at radius 1 is 1.16 bits per heavy atom. The molecule has 134 valence electrons. The van der Waals surface area contributed by atoms with E-state index in [-0.39, 0.29) is 12.5 Å². The highest BCUT2D eigenvalue weighted by Crippen LogP contribution is 2.25. The predicted octanol–water partition coefficient (Wildman–Crippen LogP) is 3.98. The summed E-state index contributed by atoms with van der Waals surface area (Å²) >= 11 is 3.32. The van der Waals surface area contributed by atoms with Gasteiger partial charge in [0.1, 0.15) is 6.54 Å². The topological polar surface area (TPSA) is 66.5 Å². The van der Waals surface area contributed by atoms with Gasteiger partial charge in [-0.1, -0.05) is 54.0 Å². The number of rotatable bonds is 6. The van der Waals surface area contributed by atoms with E-state index in [9.17, 15) is 13.2 Å². The molecule has 25 heavy (non-hydrogen) atoms. The highest BCUT2D eigenvalue weighted by Gasteiger charge is 2.21. The van der Waals surface area contributed by atoms with Crippen molar-refractivity contribution in [2.45, 2.75) is 19.8 Å². The third kappa shape index (κ3) is 5.31. The molecule has 0 bridgehead atoms. The molecule has 7 heteroatoms. The lowest BCUT2D eigenvalue weighted by molar-refractivity contribution is -0.114. The van der Waals surface area contributed by atoms with Crippen LogP contribution in [0, 0.1) is 0 Å². The Bertz CT molecular complexity index is 866. The van der Waals surface area contributed by atoms with E-state index in [0.717, 1.165) is 20.6 Å². The second-order valence-electron chi connectivity index (χ2n) is 6.04. The first-order valence-corrected chi connectivity index (χ1v) is 10.4. The largest absolute Gasteiger partial charge is 0.324 e. The Kier molecular flexibility index (Phi) is 6.24. The fraction of sp³-hybridized carbons (Fsp3) is 0.278. The lowest BCUT2D eigenvalue weighted by atomic mass is 10.0. The molecule has 1 N–H and O–H groups in total. The SMILES string of the molecule is CC(C)c1ccccc1NC(=O)CN(c1cccc(Br)c1)S(C)(=O)=O. The van der Waals surface area contributed by atoms with Crippen LogP contribution in [0.25, 0.3) is 0 Å². The molecule has 0 spiro atoms. The number of nitrogens with one attached hydrogen (secondary N) is 1. The first-order valence-electron chi connectivity index (χ1n) is 7.80. The molecule has 0 aliphatic heterocycles. The van der Waals surface area contributed by atoms with Crippen molar-refractivity contribution in [2.75, 3.05) is 22.4 Å². The van der Waals surface area contributed by atoms with E-state index >= 15 is 0 Å². The predicted molar refractivity (Wildman–Crippen MR) is 105 cm³/mol. The number of carbonyl (C=O) groups is 1. The third-order valence-corrected chi connectivity index (χ3v) is 5.27. The van der Waals surface area contributed by atoms with Crippen molar-refractivity contribution in [3.05, 3.63) is 58.6 Å². The summed E-state index contributed by atoms with van der Waals surface area (Å²) in [6.07, 6.45) is 1.09. The Morgan fingerprint density at radius 2 is 1.84 bits per heavy atom. The summed E-state index contributed by atoms with van der Waals surface area (Å²) in [6.45, 7) is 3.78. The second-order valence-corrected chi connectivity index (χ2v) is 8.86. The van der Waals surface area contributed by atoms with E-state index in [2.05, 4.69) is 21.2 Å². The van der Waals surface area contributed by atoms with Gasteiger partial charge in [-0.25, -0.2) is 8.42 Å². The normalized spacial score (nSPS) is 11.4. The van der Waals surface area contributed by atoms with Crippen molar-refractivity contribution in [1.82, 2.24) is 0 Å². The van der Waals surface area contributed by atoms with Crippen molar-refractivity contribution in [2.24, 2.45) is 0 Å². The number of carbonyl (C=O) groups excluding carboxylic acids is 1. The second kappa shape index (κ2) is 8.01. The highest BCUT2D eigenvalue weighted by atomic mass is 79.9. The zero-order chi connectivity index (χ0) is 18.6. The molecule has 0 saturated heterocycles. The maximum atomic E-state index is 12.5. The third-order valence-electron chi connectivity index (χ3n) is 3.64. The monoisotopic (exact) mass is 424 g/mol. The standard InChI is InChI=1S/C18H21BrN2O3S/c1-13(2)16-9-4-5-10-17(16)20-18(22)12-21(25(3,23)24)15-8-6-7-14(19)11-15/h4-11,13H,12H2,1-3H3,(H,20,22). The summed E-state index contributed by atoms with van der Waals surface area (Å²) in [7, 11) is -3.60. The lowest BCUT2D eigenvalue weighted by Gasteiger charge is -2.22. The van der Waals surface area contributed by atoms with Crippen molar-refractivity contribution in [1.29, 1.82) is 0 Å². The number of hydrogen-bond acceptors (Lipinski definition) is 3. The number of amides is 1. The molecule has 2 aromatic carbocycles. The molecule has 0 unspecified atom stereocenters. The van der Waals surface area contributed by atoms with E-state index in [1.807, 2.05) is 38.1 Å². The van der Waals surface area contributed by atoms with Gasteiger partial charge in [0.05, 0.1) is 11.9 Å². The Balaban J connectivity index is 2.24. The van der Waals surface area contributed by atoms with E-state index in [0.29, 0.717) is 11.4 Å². The number of benzene rings is 2. The molecule has 2 rings (SSSR count). The minimum Gasteiger partial charge on any atom is -0.324 e. The van der Waals surface area contributed by atoms with Crippen LogP contribution in [0.15, 0.2) is 53.0 Å². The summed E-state index contributed by atoms with van der Waals surface area (Å²) in [6, 6.07) is 14.4. The molecule has 0 aromatic heterocycles. The van der Waals surface area contributed by atoms with Crippen LogP contribution in [0.2, 0.25) is 0 Å². The number of nitrogens with zero attached hydrogens (tertiary/aromatic N) is 1. The highest BCUT2D eigenvalue weighted by molar-refractivity contribution is 9.10. The minimum absolute atomic E-state index is 0.243. The van der Waals surface area contributed by atoms with Crippen LogP contribution in [0.5, 0.6) is 0 Å². The summed E-state index contributed by atoms with van der Waals surface area (Å²) < 4.78 is 26.1. The van der Waals surface area contributed by atoms with Gasteiger partial charge in [-0.3, -0.25) is 9.10 Å². The van der Waals surface area contributed by atoms with Crippen LogP contribution in [-0.4, -0.2) is 27.1 Å². The van der Waals surface area contributed by atoms with Gasteiger partial charge in [0, 0.05) is 10.2 Å². The molecular weight excluding hydrogens is 404 g/mol. The first kappa shape index (κ1) is 19.5. The van der Waals surface area contributed by atoms with Gasteiger partial charge in [-0.05, 0) is 35.7 Å². The van der Waals surface area contributed by atoms with Gasteiger partial charge < -0.3 is 5.32 Å². The molecule has 0 heterocycles. The van der Waals surface area contributed by atoms with Crippen LogP contribution in [0.4, 0.5) is 11.4 Å². The number of halogens is 1. The Hall–Kier alpha value is -1.86. The lowest BCUT2D eigenvalue weighted by Crippen LogP contribution is -2.37. The van der Waals surface area contributed by atoms with Gasteiger partial charge in [-0.15, -0.1) is 0 Å². The van der Waals surface area contributed by atoms with Gasteiger partial charge in [0.25, 0.3) is 0 Å². The van der Waals surface area contributed by atoms with Crippen LogP contribution in [0.3, 0.4) is 0 Å². The van der Waals surface area contributed by atoms with Crippen LogP contribution < -0.4 is 9.62 Å². The molecule has 0 radical (unpaired) electrons. The fourth-order valence-corrected chi connectivity index (χ4v) is 3.70. The van der Waals surface area contributed by atoms with E-state index < -0.39 is 15.9 Å². The smallest absolute Gasteiger partial charge is 0.245 e. The maximum Gasteiger partial charge on any atom is 0.245 e. The number of sulfonamides is 1. The fourth-order valence-electron chi connectivity index (χ4n) is 2.47. The quantitative estimate of drug-likeness (QED) is 0.762. The number of hydrogen-bond donors (Lipinski definition) is 1. The summed E-state index contributed by atoms with van der Waals surface area (Å²) in [5, 5.41) is 2.82. The van der Waals surface area contributed by atoms with Gasteiger partial charge in [-0.2, -0.15) is 0 Å². The van der Waals surface area contributed by atoms with Crippen LogP contribution >= 0.6 is 15.9 Å². The molecule has 1 amide bonds. The van der Waals surface area contributed by atoms with E-state index in [1.165, 1.54) is 0 Å². The van der Waals surface area contributed by atoms with E-state index in [1.54, 1.807) is 24.3 Å².